The van der Waals surface area contributed by atoms with Gasteiger partial charge < -0.3 is 15.4 Å². The number of amides is 1. The molecule has 0 saturated carbocycles. The first-order valence-electron chi connectivity index (χ1n) is 6.58. The Morgan fingerprint density at radius 2 is 2.24 bits per heavy atom. The molecule has 1 aliphatic rings. The van der Waals surface area contributed by atoms with Gasteiger partial charge in [0.1, 0.15) is 12.4 Å². The molecule has 1 amide bonds. The lowest BCUT2D eigenvalue weighted by atomic mass is 10.2. The van der Waals surface area contributed by atoms with Crippen LogP contribution in [0.5, 0.6) is 0 Å². The van der Waals surface area contributed by atoms with Crippen LogP contribution in [-0.2, 0) is 9.53 Å². The Labute approximate surface area is 125 Å². The van der Waals surface area contributed by atoms with Crippen molar-refractivity contribution in [3.63, 3.8) is 0 Å². The lowest BCUT2D eigenvalue weighted by Crippen LogP contribution is -2.45. The highest BCUT2D eigenvalue weighted by Gasteiger charge is 2.21. The third-order valence-corrected chi connectivity index (χ3v) is 3.85. The van der Waals surface area contributed by atoms with E-state index in [2.05, 4.69) is 25.8 Å². The molecule has 0 radical (unpaired) electrons. The second kappa shape index (κ2) is 6.70. The van der Waals surface area contributed by atoms with Crippen molar-refractivity contribution < 1.29 is 9.53 Å². The van der Waals surface area contributed by atoms with Crippen LogP contribution in [0.3, 0.4) is 0 Å². The average molecular weight is 305 g/mol. The van der Waals surface area contributed by atoms with Gasteiger partial charge in [0, 0.05) is 23.7 Å². The Morgan fingerprint density at radius 3 is 2.90 bits per heavy atom. The number of nitrogens with zero attached hydrogens (tertiary/aromatic N) is 2. The Hall–Kier alpha value is -1.90. The first kappa shape index (κ1) is 14.1. The monoisotopic (exact) mass is 305 g/mol. The maximum Gasteiger partial charge on any atom is 0.254 e. The van der Waals surface area contributed by atoms with Gasteiger partial charge in [-0.1, -0.05) is 11.8 Å². The van der Waals surface area contributed by atoms with E-state index in [9.17, 15) is 4.79 Å². The highest BCUT2D eigenvalue weighted by atomic mass is 32.2. The van der Waals surface area contributed by atoms with Gasteiger partial charge in [-0.05, 0) is 24.3 Å². The topological polar surface area (TPSA) is 91.9 Å². The summed E-state index contributed by atoms with van der Waals surface area (Å²) >= 11 is 1.47. The number of morpholine rings is 1. The van der Waals surface area contributed by atoms with Crippen molar-refractivity contribution in [2.45, 2.75) is 16.2 Å². The van der Waals surface area contributed by atoms with Crippen LogP contribution in [0.25, 0.3) is 0 Å². The molecule has 2 heterocycles. The zero-order valence-electron chi connectivity index (χ0n) is 11.2. The van der Waals surface area contributed by atoms with Gasteiger partial charge in [-0.2, -0.15) is 5.10 Å². The minimum Gasteiger partial charge on any atom is -0.366 e. The quantitative estimate of drug-likeness (QED) is 0.777. The van der Waals surface area contributed by atoms with Gasteiger partial charge in [0.15, 0.2) is 5.16 Å². The average Bonchev–Trinajstić information content (AvgIpc) is 3.03. The van der Waals surface area contributed by atoms with Crippen molar-refractivity contribution in [1.82, 2.24) is 20.5 Å². The molecule has 1 fully saturated rings. The van der Waals surface area contributed by atoms with E-state index >= 15 is 0 Å². The standard InChI is InChI=1S/C13H15N5O2S/c19-12(11-7-14-5-6-20-11)17-9-1-3-10(4-2-9)21-13-15-8-16-18-13/h1-4,8,11,14H,5-7H2,(H,17,19)(H,15,16,18). The van der Waals surface area contributed by atoms with Crippen LogP contribution in [0.2, 0.25) is 0 Å². The van der Waals surface area contributed by atoms with E-state index in [1.165, 1.54) is 18.1 Å². The Bertz CT molecular complexity index is 581. The fourth-order valence-corrected chi connectivity index (χ4v) is 2.61. The van der Waals surface area contributed by atoms with Crippen molar-refractivity contribution in [2.75, 3.05) is 25.0 Å². The van der Waals surface area contributed by atoms with Crippen LogP contribution in [0.4, 0.5) is 5.69 Å². The SMILES string of the molecule is O=C(Nc1ccc(Sc2ncn[nH]2)cc1)C1CNCCO1. The molecule has 7 nitrogen and oxygen atoms in total. The highest BCUT2D eigenvalue weighted by Crippen LogP contribution is 2.25. The predicted molar refractivity (Wildman–Crippen MR) is 78.2 cm³/mol. The molecule has 110 valence electrons. The molecule has 0 spiro atoms. The third-order valence-electron chi connectivity index (χ3n) is 2.95. The van der Waals surface area contributed by atoms with Gasteiger partial charge in [-0.25, -0.2) is 4.98 Å². The maximum absolute atomic E-state index is 12.0. The highest BCUT2D eigenvalue weighted by molar-refractivity contribution is 7.99. The number of aromatic nitrogens is 3. The van der Waals surface area contributed by atoms with Crippen molar-refractivity contribution in [3.05, 3.63) is 30.6 Å². The largest absolute Gasteiger partial charge is 0.366 e. The number of aromatic amines is 1. The van der Waals surface area contributed by atoms with Gasteiger partial charge in [-0.15, -0.1) is 0 Å². The number of nitrogens with one attached hydrogen (secondary N) is 3. The van der Waals surface area contributed by atoms with Crippen molar-refractivity contribution in [2.24, 2.45) is 0 Å². The molecule has 1 aromatic heterocycles. The van der Waals surface area contributed by atoms with Crippen LogP contribution < -0.4 is 10.6 Å². The number of benzene rings is 1. The van der Waals surface area contributed by atoms with Crippen LogP contribution in [0.1, 0.15) is 0 Å². The smallest absolute Gasteiger partial charge is 0.254 e. The normalized spacial score (nSPS) is 18.4. The lowest BCUT2D eigenvalue weighted by molar-refractivity contribution is -0.128. The second-order valence-electron chi connectivity index (χ2n) is 4.47. The minimum absolute atomic E-state index is 0.127. The van der Waals surface area contributed by atoms with Crippen LogP contribution in [0.15, 0.2) is 40.6 Å². The van der Waals surface area contributed by atoms with Crippen molar-refractivity contribution in [1.29, 1.82) is 0 Å². The second-order valence-corrected chi connectivity index (χ2v) is 5.53. The molecular formula is C13H15N5O2S. The number of hydrogen-bond acceptors (Lipinski definition) is 6. The lowest BCUT2D eigenvalue weighted by Gasteiger charge is -2.22. The first-order chi connectivity index (χ1) is 10.3. The van der Waals surface area contributed by atoms with Crippen LogP contribution in [-0.4, -0.2) is 46.9 Å². The summed E-state index contributed by atoms with van der Waals surface area (Å²) in [6.45, 7) is 1.90. The van der Waals surface area contributed by atoms with Crippen molar-refractivity contribution in [3.8, 4) is 0 Å². The van der Waals surface area contributed by atoms with E-state index in [4.69, 9.17) is 4.74 Å². The van der Waals surface area contributed by atoms with Crippen molar-refractivity contribution >= 4 is 23.4 Å². The molecule has 3 N–H and O–H groups in total. The fourth-order valence-electron chi connectivity index (χ4n) is 1.92. The number of H-pyrrole nitrogens is 1. The molecule has 2 aromatic rings. The van der Waals surface area contributed by atoms with E-state index in [0.29, 0.717) is 13.2 Å². The molecule has 1 aromatic carbocycles. The number of hydrogen-bond donors (Lipinski definition) is 3. The number of anilines is 1. The zero-order chi connectivity index (χ0) is 14.5. The van der Waals surface area contributed by atoms with Gasteiger partial charge in [0.25, 0.3) is 5.91 Å². The van der Waals surface area contributed by atoms with E-state index in [1.54, 1.807) is 0 Å². The number of rotatable bonds is 4. The Balaban J connectivity index is 1.57. The molecule has 1 aliphatic heterocycles. The molecule has 1 atom stereocenters. The Morgan fingerprint density at radius 1 is 1.38 bits per heavy atom. The summed E-state index contributed by atoms with van der Waals surface area (Å²) in [6.07, 6.45) is 1.04. The molecule has 1 unspecified atom stereocenters. The first-order valence-corrected chi connectivity index (χ1v) is 7.39. The van der Waals surface area contributed by atoms with E-state index in [-0.39, 0.29) is 5.91 Å². The predicted octanol–water partition coefficient (Wildman–Crippen LogP) is 0.883. The molecular weight excluding hydrogens is 290 g/mol. The molecule has 3 rings (SSSR count). The van der Waals surface area contributed by atoms with Crippen LogP contribution >= 0.6 is 11.8 Å². The summed E-state index contributed by atoms with van der Waals surface area (Å²) in [6, 6.07) is 7.55. The summed E-state index contributed by atoms with van der Waals surface area (Å²) in [4.78, 5) is 17.1. The number of carbonyl (C=O) groups is 1. The molecule has 0 aliphatic carbocycles. The summed E-state index contributed by atoms with van der Waals surface area (Å²) in [5.74, 6) is -0.127. The Kier molecular flexibility index (Phi) is 4.49. The summed E-state index contributed by atoms with van der Waals surface area (Å²) in [5, 5.41) is 13.3. The molecule has 0 bridgehead atoms. The van der Waals surface area contributed by atoms with Gasteiger partial charge in [-0.3, -0.25) is 9.89 Å². The molecule has 8 heteroatoms. The van der Waals surface area contributed by atoms with Gasteiger partial charge in [0.05, 0.1) is 6.61 Å². The number of ether oxygens (including phenoxy) is 1. The molecule has 21 heavy (non-hydrogen) atoms. The van der Waals surface area contributed by atoms with E-state index in [1.807, 2.05) is 24.3 Å². The van der Waals surface area contributed by atoms with Gasteiger partial charge in [0.2, 0.25) is 0 Å². The summed E-state index contributed by atoms with van der Waals surface area (Å²) in [5.41, 5.74) is 0.746. The fraction of sp³-hybridized carbons (Fsp3) is 0.308. The minimum atomic E-state index is -0.429. The summed E-state index contributed by atoms with van der Waals surface area (Å²) in [7, 11) is 0. The maximum atomic E-state index is 12.0. The number of carbonyl (C=O) groups excluding carboxylic acids is 1. The van der Waals surface area contributed by atoms with E-state index in [0.717, 1.165) is 22.3 Å². The summed E-state index contributed by atoms with van der Waals surface area (Å²) < 4.78 is 5.41. The van der Waals surface area contributed by atoms with E-state index < -0.39 is 6.10 Å². The molecule has 1 saturated heterocycles. The van der Waals surface area contributed by atoms with Crippen LogP contribution in [0, 0.1) is 0 Å². The van der Waals surface area contributed by atoms with Gasteiger partial charge >= 0.3 is 0 Å². The zero-order valence-corrected chi connectivity index (χ0v) is 12.0. The third kappa shape index (κ3) is 3.81.